The van der Waals surface area contributed by atoms with Gasteiger partial charge in [0.05, 0.1) is 6.54 Å². The summed E-state index contributed by atoms with van der Waals surface area (Å²) in [7, 11) is 0. The first-order valence-corrected chi connectivity index (χ1v) is 8.92. The topological polar surface area (TPSA) is 74.0 Å². The summed E-state index contributed by atoms with van der Waals surface area (Å²) in [6.45, 7) is 4.24. The van der Waals surface area contributed by atoms with Crippen molar-refractivity contribution < 1.29 is 4.79 Å². The Labute approximate surface area is 166 Å². The number of nitrogens with zero attached hydrogens (tertiary/aromatic N) is 3. The van der Waals surface area contributed by atoms with Crippen molar-refractivity contribution in [2.75, 3.05) is 31.5 Å². The van der Waals surface area contributed by atoms with Crippen molar-refractivity contribution in [2.45, 2.75) is 38.6 Å². The van der Waals surface area contributed by atoms with Crippen LogP contribution in [-0.2, 0) is 6.54 Å². The smallest absolute Gasteiger partial charge is 0.321 e. The van der Waals surface area contributed by atoms with E-state index in [0.29, 0.717) is 12.5 Å². The maximum Gasteiger partial charge on any atom is 0.321 e. The van der Waals surface area contributed by atoms with Gasteiger partial charge >= 0.3 is 6.03 Å². The number of urea groups is 1. The molecule has 3 rings (SSSR count). The van der Waals surface area contributed by atoms with E-state index >= 15 is 0 Å². The summed E-state index contributed by atoms with van der Waals surface area (Å²) in [4.78, 5) is 20.7. The highest BCUT2D eigenvalue weighted by molar-refractivity contribution is 14.0. The highest BCUT2D eigenvalue weighted by Crippen LogP contribution is 2.15. The zero-order valence-electron chi connectivity index (χ0n) is 14.6. The monoisotopic (exact) mass is 457 g/mol. The van der Waals surface area contributed by atoms with Crippen molar-refractivity contribution in [3.8, 4) is 0 Å². The molecule has 2 heterocycles. The number of nitrogens with two attached hydrogens (primary N) is 1. The first-order chi connectivity index (χ1) is 11.7. The molecule has 0 radical (unpaired) electrons. The minimum atomic E-state index is -0.0130. The summed E-state index contributed by atoms with van der Waals surface area (Å²) in [6, 6.07) is 7.83. The van der Waals surface area contributed by atoms with Crippen molar-refractivity contribution in [1.29, 1.82) is 0 Å². The van der Waals surface area contributed by atoms with Crippen LogP contribution in [0, 0.1) is 0 Å². The molecule has 7 heteroatoms. The van der Waals surface area contributed by atoms with E-state index in [1.54, 1.807) is 0 Å². The van der Waals surface area contributed by atoms with Gasteiger partial charge in [-0.25, -0.2) is 9.79 Å². The molecule has 0 aliphatic carbocycles. The molecule has 0 saturated carbocycles. The van der Waals surface area contributed by atoms with Crippen molar-refractivity contribution in [1.82, 2.24) is 9.80 Å². The molecular weight excluding hydrogens is 429 g/mol. The van der Waals surface area contributed by atoms with Gasteiger partial charge in [-0.3, -0.25) is 0 Å². The molecule has 138 valence electrons. The molecule has 6 nitrogen and oxygen atoms in total. The number of amides is 2. The fourth-order valence-electron chi connectivity index (χ4n) is 3.27. The van der Waals surface area contributed by atoms with Gasteiger partial charge < -0.3 is 20.9 Å². The first-order valence-electron chi connectivity index (χ1n) is 8.92. The first kappa shape index (κ1) is 19.8. The van der Waals surface area contributed by atoms with E-state index in [4.69, 9.17) is 5.73 Å². The molecule has 3 N–H and O–H groups in total. The van der Waals surface area contributed by atoms with Crippen LogP contribution in [0.4, 0.5) is 10.5 Å². The van der Waals surface area contributed by atoms with Gasteiger partial charge in [0.25, 0.3) is 0 Å². The quantitative estimate of drug-likeness (QED) is 0.416. The largest absolute Gasteiger partial charge is 0.370 e. The molecule has 0 spiro atoms. The van der Waals surface area contributed by atoms with Crippen LogP contribution < -0.4 is 11.1 Å². The van der Waals surface area contributed by atoms with Gasteiger partial charge in [-0.15, -0.1) is 24.0 Å². The molecule has 0 atom stereocenters. The molecule has 2 aliphatic rings. The van der Waals surface area contributed by atoms with Gasteiger partial charge in [-0.05, 0) is 49.8 Å². The molecule has 2 fully saturated rings. The number of benzene rings is 1. The fraction of sp³-hybridized carbons (Fsp3) is 0.556. The summed E-state index contributed by atoms with van der Waals surface area (Å²) in [5.41, 5.74) is 7.96. The van der Waals surface area contributed by atoms with E-state index in [2.05, 4.69) is 15.2 Å². The lowest BCUT2D eigenvalue weighted by atomic mass is 10.1. The Morgan fingerprint density at radius 3 is 2.40 bits per heavy atom. The third-order valence-electron chi connectivity index (χ3n) is 4.68. The van der Waals surface area contributed by atoms with Crippen LogP contribution in [0.3, 0.4) is 0 Å². The maximum atomic E-state index is 12.2. The Morgan fingerprint density at radius 1 is 1.04 bits per heavy atom. The molecule has 1 aromatic carbocycles. The van der Waals surface area contributed by atoms with Crippen molar-refractivity contribution in [3.05, 3.63) is 29.8 Å². The Balaban J connectivity index is 0.00000225. The number of likely N-dealkylation sites (tertiary alicyclic amines) is 2. The lowest BCUT2D eigenvalue weighted by Gasteiger charge is -2.27. The van der Waals surface area contributed by atoms with E-state index in [1.807, 2.05) is 29.2 Å². The second-order valence-electron chi connectivity index (χ2n) is 6.55. The highest BCUT2D eigenvalue weighted by Gasteiger charge is 2.17. The summed E-state index contributed by atoms with van der Waals surface area (Å²) in [6.07, 6.45) is 5.85. The molecule has 0 aromatic heterocycles. The average molecular weight is 457 g/mol. The molecule has 25 heavy (non-hydrogen) atoms. The van der Waals surface area contributed by atoms with Crippen molar-refractivity contribution in [3.63, 3.8) is 0 Å². The van der Waals surface area contributed by atoms with Crippen LogP contribution in [0.2, 0.25) is 0 Å². The van der Waals surface area contributed by atoms with Gasteiger partial charge in [-0.1, -0.05) is 12.1 Å². The van der Waals surface area contributed by atoms with Crippen LogP contribution in [0.25, 0.3) is 0 Å². The van der Waals surface area contributed by atoms with E-state index in [1.165, 1.54) is 19.3 Å². The number of nitrogens with one attached hydrogen (secondary N) is 1. The number of hydrogen-bond acceptors (Lipinski definition) is 2. The molecule has 2 saturated heterocycles. The number of carbonyl (C=O) groups is 1. The number of anilines is 1. The Hall–Kier alpha value is -1.51. The van der Waals surface area contributed by atoms with Gasteiger partial charge in [0.15, 0.2) is 5.96 Å². The number of aliphatic imine (C=N–C) groups is 1. The minimum Gasteiger partial charge on any atom is -0.370 e. The third kappa shape index (κ3) is 5.76. The molecule has 0 bridgehead atoms. The predicted molar refractivity (Wildman–Crippen MR) is 112 cm³/mol. The molecule has 2 amide bonds. The van der Waals surface area contributed by atoms with E-state index in [0.717, 1.165) is 50.3 Å². The van der Waals surface area contributed by atoms with Gasteiger partial charge in [0.2, 0.25) is 0 Å². The van der Waals surface area contributed by atoms with Gasteiger partial charge in [0, 0.05) is 31.9 Å². The Morgan fingerprint density at radius 2 is 1.68 bits per heavy atom. The highest BCUT2D eigenvalue weighted by atomic mass is 127. The van der Waals surface area contributed by atoms with Gasteiger partial charge in [0.1, 0.15) is 0 Å². The molecule has 2 aliphatic heterocycles. The van der Waals surface area contributed by atoms with E-state index in [-0.39, 0.29) is 30.0 Å². The molecule has 1 aromatic rings. The van der Waals surface area contributed by atoms with Crippen LogP contribution >= 0.6 is 24.0 Å². The SMILES string of the molecule is I.NC(=NCc1cccc(NC(=O)N2CCCC2)c1)N1CCCCC1. The summed E-state index contributed by atoms with van der Waals surface area (Å²) in [5.74, 6) is 0.626. The standard InChI is InChI=1S/C18H27N5O.HI/c19-17(22-9-2-1-3-10-22)20-14-15-7-6-8-16(13-15)21-18(24)23-11-4-5-12-23;/h6-8,13H,1-5,9-12,14H2,(H2,19,20)(H,21,24);1H. The summed E-state index contributed by atoms with van der Waals surface area (Å²) in [5, 5.41) is 2.97. The predicted octanol–water partition coefficient (Wildman–Crippen LogP) is 3.23. The molecular formula is C18H28IN5O. The van der Waals surface area contributed by atoms with Crippen molar-refractivity contribution in [2.24, 2.45) is 10.7 Å². The fourth-order valence-corrected chi connectivity index (χ4v) is 3.27. The Kier molecular flexibility index (Phi) is 7.80. The van der Waals surface area contributed by atoms with Gasteiger partial charge in [-0.2, -0.15) is 0 Å². The lowest BCUT2D eigenvalue weighted by Crippen LogP contribution is -2.40. The number of guanidine groups is 1. The summed E-state index contributed by atoms with van der Waals surface area (Å²) < 4.78 is 0. The zero-order valence-corrected chi connectivity index (χ0v) is 16.9. The third-order valence-corrected chi connectivity index (χ3v) is 4.68. The normalized spacial score (nSPS) is 18.0. The van der Waals surface area contributed by atoms with Crippen LogP contribution in [0.15, 0.2) is 29.3 Å². The second kappa shape index (κ2) is 9.84. The van der Waals surface area contributed by atoms with Crippen molar-refractivity contribution >= 4 is 41.7 Å². The second-order valence-corrected chi connectivity index (χ2v) is 6.55. The average Bonchev–Trinajstić information content (AvgIpc) is 3.15. The maximum absolute atomic E-state index is 12.2. The number of piperidine rings is 1. The number of rotatable bonds is 3. The van der Waals surface area contributed by atoms with Crippen LogP contribution in [-0.4, -0.2) is 48.0 Å². The lowest BCUT2D eigenvalue weighted by molar-refractivity contribution is 0.222. The van der Waals surface area contributed by atoms with Crippen LogP contribution in [0.5, 0.6) is 0 Å². The summed E-state index contributed by atoms with van der Waals surface area (Å²) >= 11 is 0. The van der Waals surface area contributed by atoms with E-state index in [9.17, 15) is 4.79 Å². The number of carbonyl (C=O) groups excluding carboxylic acids is 1. The zero-order chi connectivity index (χ0) is 16.8. The number of hydrogen-bond donors (Lipinski definition) is 2. The van der Waals surface area contributed by atoms with Crippen LogP contribution in [0.1, 0.15) is 37.7 Å². The number of halogens is 1. The van der Waals surface area contributed by atoms with E-state index < -0.39 is 0 Å². The Bertz CT molecular complexity index is 595. The molecule has 0 unspecified atom stereocenters. The minimum absolute atomic E-state index is 0.